The van der Waals surface area contributed by atoms with E-state index in [9.17, 15) is 4.79 Å². The predicted octanol–water partition coefficient (Wildman–Crippen LogP) is 3.21. The number of carbonyl (C=O) groups excluding carboxylic acids is 1. The van der Waals surface area contributed by atoms with E-state index in [1.165, 1.54) is 25.9 Å². The summed E-state index contributed by atoms with van der Waals surface area (Å²) in [6, 6.07) is 13.1. The van der Waals surface area contributed by atoms with Crippen molar-refractivity contribution >= 4 is 22.9 Å². The van der Waals surface area contributed by atoms with Gasteiger partial charge in [0.2, 0.25) is 0 Å². The molecule has 0 aliphatic rings. The number of nitrogens with one attached hydrogen (secondary N) is 1. The Balaban J connectivity index is 1.86. The molecule has 0 fully saturated rings. The van der Waals surface area contributed by atoms with Gasteiger partial charge < -0.3 is 9.15 Å². The number of hydrogen-bond donors (Lipinski definition) is 1. The number of fused-ring (bicyclic) bond motifs is 1. The van der Waals surface area contributed by atoms with Gasteiger partial charge in [-0.05, 0) is 29.0 Å². The van der Waals surface area contributed by atoms with Crippen LogP contribution in [-0.4, -0.2) is 19.2 Å². The summed E-state index contributed by atoms with van der Waals surface area (Å²) in [4.78, 5) is 12.3. The molecule has 22 heavy (non-hydrogen) atoms. The molecule has 0 saturated heterocycles. The molecule has 5 heteroatoms. The third-order valence-electron chi connectivity index (χ3n) is 3.24. The lowest BCUT2D eigenvalue weighted by molar-refractivity contribution is 0.0952. The van der Waals surface area contributed by atoms with Crippen LogP contribution in [0.25, 0.3) is 10.8 Å². The average Bonchev–Trinajstić information content (AvgIpc) is 3.06. The Bertz CT molecular complexity index is 823. The zero-order valence-electron chi connectivity index (χ0n) is 11.9. The van der Waals surface area contributed by atoms with Gasteiger partial charge in [-0.2, -0.15) is 5.10 Å². The van der Waals surface area contributed by atoms with E-state index in [2.05, 4.69) is 10.5 Å². The highest BCUT2D eigenvalue weighted by Crippen LogP contribution is 2.25. The molecular weight excluding hydrogens is 280 g/mol. The van der Waals surface area contributed by atoms with Crippen molar-refractivity contribution in [3.63, 3.8) is 0 Å². The van der Waals surface area contributed by atoms with E-state index in [1.807, 2.05) is 30.3 Å². The first-order valence-electron chi connectivity index (χ1n) is 6.70. The molecule has 0 radical (unpaired) electrons. The topological polar surface area (TPSA) is 63.8 Å². The highest BCUT2D eigenvalue weighted by Gasteiger charge is 2.13. The van der Waals surface area contributed by atoms with Crippen molar-refractivity contribution in [3.8, 4) is 5.75 Å². The number of amides is 1. The average molecular weight is 294 g/mol. The smallest absolute Gasteiger partial charge is 0.275 e. The van der Waals surface area contributed by atoms with Crippen molar-refractivity contribution in [2.75, 3.05) is 7.11 Å². The second-order valence-electron chi connectivity index (χ2n) is 4.66. The second kappa shape index (κ2) is 6.13. The van der Waals surface area contributed by atoms with Gasteiger partial charge >= 0.3 is 0 Å². The maximum Gasteiger partial charge on any atom is 0.275 e. The van der Waals surface area contributed by atoms with Gasteiger partial charge in [-0.25, -0.2) is 5.43 Å². The molecule has 0 atom stereocenters. The number of carbonyl (C=O) groups is 1. The van der Waals surface area contributed by atoms with Crippen molar-refractivity contribution in [3.05, 3.63) is 66.1 Å². The molecule has 5 nitrogen and oxygen atoms in total. The van der Waals surface area contributed by atoms with E-state index in [0.29, 0.717) is 11.3 Å². The van der Waals surface area contributed by atoms with E-state index in [0.717, 1.165) is 16.3 Å². The normalized spacial score (nSPS) is 11.0. The number of benzene rings is 2. The highest BCUT2D eigenvalue weighted by molar-refractivity contribution is 6.01. The standard InChI is InChI=1S/C17H14N2O3/c1-21-16-9-14-5-3-2-4-13(14)8-15(16)17(20)19-18-10-12-6-7-22-11-12/h2-11H,1H3,(H,19,20)/b18-10-. The third kappa shape index (κ3) is 2.83. The van der Waals surface area contributed by atoms with Gasteiger partial charge in [-0.3, -0.25) is 4.79 Å². The summed E-state index contributed by atoms with van der Waals surface area (Å²) in [5.74, 6) is 0.178. The Labute approximate surface area is 127 Å². The van der Waals surface area contributed by atoms with E-state index in [4.69, 9.17) is 9.15 Å². The quantitative estimate of drug-likeness (QED) is 0.593. The van der Waals surface area contributed by atoms with Gasteiger partial charge in [0.1, 0.15) is 5.75 Å². The predicted molar refractivity (Wildman–Crippen MR) is 84.3 cm³/mol. The van der Waals surface area contributed by atoms with Crippen LogP contribution in [0.1, 0.15) is 15.9 Å². The number of ether oxygens (including phenoxy) is 1. The molecule has 0 spiro atoms. The summed E-state index contributed by atoms with van der Waals surface area (Å²) in [5, 5.41) is 5.88. The Morgan fingerprint density at radius 2 is 2.00 bits per heavy atom. The largest absolute Gasteiger partial charge is 0.496 e. The van der Waals surface area contributed by atoms with E-state index in [1.54, 1.807) is 12.1 Å². The fourth-order valence-electron chi connectivity index (χ4n) is 2.14. The Morgan fingerprint density at radius 3 is 2.68 bits per heavy atom. The van der Waals surface area contributed by atoms with Crippen molar-refractivity contribution in [2.24, 2.45) is 5.10 Å². The van der Waals surface area contributed by atoms with Crippen LogP contribution in [0.4, 0.5) is 0 Å². The lowest BCUT2D eigenvalue weighted by atomic mass is 10.1. The Hall–Kier alpha value is -3.08. The summed E-state index contributed by atoms with van der Waals surface area (Å²) < 4.78 is 10.2. The maximum absolute atomic E-state index is 12.3. The van der Waals surface area contributed by atoms with Gasteiger partial charge in [0.05, 0.1) is 31.4 Å². The van der Waals surface area contributed by atoms with Crippen LogP contribution in [0.2, 0.25) is 0 Å². The lowest BCUT2D eigenvalue weighted by Crippen LogP contribution is -2.18. The molecule has 0 saturated carbocycles. The van der Waals surface area contributed by atoms with E-state index in [-0.39, 0.29) is 5.91 Å². The number of furan rings is 1. The van der Waals surface area contributed by atoms with Gasteiger partial charge in [0, 0.05) is 5.56 Å². The van der Waals surface area contributed by atoms with Gasteiger partial charge in [-0.1, -0.05) is 24.3 Å². The number of hydrazone groups is 1. The van der Waals surface area contributed by atoms with Crippen LogP contribution in [-0.2, 0) is 0 Å². The lowest BCUT2D eigenvalue weighted by Gasteiger charge is -2.09. The van der Waals surface area contributed by atoms with Crippen LogP contribution in [0.5, 0.6) is 5.75 Å². The van der Waals surface area contributed by atoms with Crippen molar-refractivity contribution in [2.45, 2.75) is 0 Å². The zero-order valence-corrected chi connectivity index (χ0v) is 11.9. The first-order chi connectivity index (χ1) is 10.8. The molecule has 1 N–H and O–H groups in total. The molecule has 1 aromatic heterocycles. The van der Waals surface area contributed by atoms with Crippen molar-refractivity contribution in [1.82, 2.24) is 5.43 Å². The minimum absolute atomic E-state index is 0.331. The summed E-state index contributed by atoms with van der Waals surface area (Å²) in [6.07, 6.45) is 4.58. The fraction of sp³-hybridized carbons (Fsp3) is 0.0588. The summed E-state index contributed by atoms with van der Waals surface area (Å²) in [5.41, 5.74) is 3.69. The molecule has 3 aromatic rings. The molecule has 1 amide bonds. The van der Waals surface area contributed by atoms with Crippen molar-refractivity contribution < 1.29 is 13.9 Å². The van der Waals surface area contributed by atoms with Crippen molar-refractivity contribution in [1.29, 1.82) is 0 Å². The molecule has 0 aliphatic carbocycles. The number of hydrogen-bond acceptors (Lipinski definition) is 4. The van der Waals surface area contributed by atoms with Crippen LogP contribution in [0.3, 0.4) is 0 Å². The third-order valence-corrected chi connectivity index (χ3v) is 3.24. The first kappa shape index (κ1) is 13.9. The molecule has 0 bridgehead atoms. The number of nitrogens with zero attached hydrogens (tertiary/aromatic N) is 1. The zero-order chi connectivity index (χ0) is 15.4. The molecule has 1 heterocycles. The van der Waals surface area contributed by atoms with Crippen LogP contribution in [0.15, 0.2) is 64.5 Å². The summed E-state index contributed by atoms with van der Waals surface area (Å²) >= 11 is 0. The Kier molecular flexibility index (Phi) is 3.87. The molecule has 3 rings (SSSR count). The summed E-state index contributed by atoms with van der Waals surface area (Å²) in [6.45, 7) is 0. The second-order valence-corrected chi connectivity index (χ2v) is 4.66. The molecule has 0 unspecified atom stereocenters. The van der Waals surface area contributed by atoms with Gasteiger partial charge in [-0.15, -0.1) is 0 Å². The van der Waals surface area contributed by atoms with Crippen LogP contribution < -0.4 is 10.2 Å². The van der Waals surface area contributed by atoms with Gasteiger partial charge in [0.25, 0.3) is 5.91 Å². The highest BCUT2D eigenvalue weighted by atomic mass is 16.5. The molecule has 2 aromatic carbocycles. The Morgan fingerprint density at radius 1 is 1.23 bits per heavy atom. The fourth-order valence-corrected chi connectivity index (χ4v) is 2.14. The van der Waals surface area contributed by atoms with Crippen LogP contribution in [0, 0.1) is 0 Å². The first-order valence-corrected chi connectivity index (χ1v) is 6.70. The maximum atomic E-state index is 12.3. The monoisotopic (exact) mass is 294 g/mol. The van der Waals surface area contributed by atoms with E-state index >= 15 is 0 Å². The molecule has 110 valence electrons. The molecular formula is C17H14N2O3. The SMILES string of the molecule is COc1cc2ccccc2cc1C(=O)N/N=C\c1ccoc1. The molecule has 0 aliphatic heterocycles. The number of methoxy groups -OCH3 is 1. The van der Waals surface area contributed by atoms with Crippen LogP contribution >= 0.6 is 0 Å². The van der Waals surface area contributed by atoms with Gasteiger partial charge in [0.15, 0.2) is 0 Å². The summed E-state index contributed by atoms with van der Waals surface area (Å²) in [7, 11) is 1.54. The minimum Gasteiger partial charge on any atom is -0.496 e. The minimum atomic E-state index is -0.331. The van der Waals surface area contributed by atoms with E-state index < -0.39 is 0 Å². The number of rotatable bonds is 4.